The Hall–Kier alpha value is -2.74. The topological polar surface area (TPSA) is 82.1 Å². The predicted octanol–water partition coefficient (Wildman–Crippen LogP) is 3.32. The Morgan fingerprint density at radius 1 is 1.06 bits per heavy atom. The van der Waals surface area contributed by atoms with E-state index in [4.69, 9.17) is 14.2 Å². The first-order chi connectivity index (χ1) is 14.7. The van der Waals surface area contributed by atoms with Crippen molar-refractivity contribution in [1.82, 2.24) is 4.90 Å². The molecule has 1 amide bonds. The summed E-state index contributed by atoms with van der Waals surface area (Å²) in [6.07, 6.45) is 0.461. The van der Waals surface area contributed by atoms with E-state index in [1.807, 2.05) is 26.0 Å². The zero-order valence-electron chi connectivity index (χ0n) is 18.3. The third-order valence-electron chi connectivity index (χ3n) is 5.18. The molecule has 1 aliphatic heterocycles. The molecule has 0 bridgehead atoms. The molecule has 3 rings (SSSR count). The minimum Gasteiger partial charge on any atom is -0.493 e. The van der Waals surface area contributed by atoms with Gasteiger partial charge in [0.15, 0.2) is 21.3 Å². The van der Waals surface area contributed by atoms with Crippen molar-refractivity contribution in [2.24, 2.45) is 0 Å². The van der Waals surface area contributed by atoms with Crippen LogP contribution in [0.3, 0.4) is 0 Å². The van der Waals surface area contributed by atoms with E-state index in [-0.39, 0.29) is 36.1 Å². The second-order valence-electron chi connectivity index (χ2n) is 7.87. The number of benzene rings is 2. The summed E-state index contributed by atoms with van der Waals surface area (Å²) in [6.45, 7) is 4.14. The van der Waals surface area contributed by atoms with Crippen LogP contribution in [0.2, 0.25) is 0 Å². The summed E-state index contributed by atoms with van der Waals surface area (Å²) in [4.78, 5) is 15.0. The van der Waals surface area contributed by atoms with Crippen molar-refractivity contribution in [2.45, 2.75) is 39.0 Å². The molecule has 1 atom stereocenters. The average molecular weight is 448 g/mol. The average Bonchev–Trinajstić information content (AvgIpc) is 3.10. The molecule has 0 saturated carbocycles. The summed E-state index contributed by atoms with van der Waals surface area (Å²) in [7, 11) is -0.0413. The minimum atomic E-state index is -3.15. The molecule has 1 saturated heterocycles. The zero-order valence-corrected chi connectivity index (χ0v) is 19.1. The van der Waals surface area contributed by atoms with Gasteiger partial charge in [0.25, 0.3) is 5.91 Å². The molecular formula is C23H29NO6S. The number of amides is 1. The van der Waals surface area contributed by atoms with Gasteiger partial charge in [0.1, 0.15) is 5.75 Å². The zero-order chi connectivity index (χ0) is 22.6. The molecule has 1 fully saturated rings. The number of hydrogen-bond donors (Lipinski definition) is 0. The molecule has 7 nitrogen and oxygen atoms in total. The molecule has 0 radical (unpaired) electrons. The van der Waals surface area contributed by atoms with Gasteiger partial charge in [0.2, 0.25) is 0 Å². The van der Waals surface area contributed by atoms with E-state index < -0.39 is 9.84 Å². The van der Waals surface area contributed by atoms with E-state index in [9.17, 15) is 13.2 Å². The molecule has 0 aromatic heterocycles. The van der Waals surface area contributed by atoms with Crippen molar-refractivity contribution in [3.8, 4) is 17.2 Å². The maximum Gasteiger partial charge on any atom is 0.254 e. The Labute approximate surface area is 183 Å². The molecule has 1 heterocycles. The summed E-state index contributed by atoms with van der Waals surface area (Å²) in [5.74, 6) is 1.68. The summed E-state index contributed by atoms with van der Waals surface area (Å²) < 4.78 is 40.5. The molecule has 2 aromatic carbocycles. The van der Waals surface area contributed by atoms with Gasteiger partial charge in [0, 0.05) is 18.2 Å². The fourth-order valence-corrected chi connectivity index (χ4v) is 5.41. The van der Waals surface area contributed by atoms with Crippen molar-refractivity contribution in [2.75, 3.05) is 25.7 Å². The quantitative estimate of drug-likeness (QED) is 0.617. The van der Waals surface area contributed by atoms with Gasteiger partial charge in [-0.25, -0.2) is 8.42 Å². The van der Waals surface area contributed by atoms with Gasteiger partial charge in [-0.1, -0.05) is 6.07 Å². The second kappa shape index (κ2) is 9.60. The highest BCUT2D eigenvalue weighted by atomic mass is 32.2. The van der Waals surface area contributed by atoms with Crippen LogP contribution in [0.4, 0.5) is 0 Å². The lowest BCUT2D eigenvalue weighted by Gasteiger charge is -2.29. The van der Waals surface area contributed by atoms with Gasteiger partial charge in [0.05, 0.1) is 31.8 Å². The van der Waals surface area contributed by atoms with Gasteiger partial charge in [-0.2, -0.15) is 0 Å². The van der Waals surface area contributed by atoms with E-state index in [1.165, 1.54) is 0 Å². The van der Waals surface area contributed by atoms with Gasteiger partial charge in [-0.3, -0.25) is 4.79 Å². The second-order valence-corrected chi connectivity index (χ2v) is 10.1. The van der Waals surface area contributed by atoms with E-state index in [0.29, 0.717) is 29.2 Å². The lowest BCUT2D eigenvalue weighted by Crippen LogP contribution is -2.40. The van der Waals surface area contributed by atoms with Crippen LogP contribution in [0.15, 0.2) is 42.5 Å². The van der Waals surface area contributed by atoms with Crippen LogP contribution in [0, 0.1) is 0 Å². The number of methoxy groups -OCH3 is 2. The first-order valence-corrected chi connectivity index (χ1v) is 12.0. The van der Waals surface area contributed by atoms with Gasteiger partial charge in [-0.05, 0) is 62.2 Å². The van der Waals surface area contributed by atoms with Crippen LogP contribution in [0.25, 0.3) is 0 Å². The third-order valence-corrected chi connectivity index (χ3v) is 6.93. The SMILES string of the molecule is COc1ccc(CN(C(=O)c2ccc(OC(C)C)cc2)C2CCS(=O)(=O)C2)cc1OC. The third kappa shape index (κ3) is 5.70. The highest BCUT2D eigenvalue weighted by molar-refractivity contribution is 7.91. The Balaban J connectivity index is 1.89. The van der Waals surface area contributed by atoms with Crippen LogP contribution in [0.1, 0.15) is 36.2 Å². The van der Waals surface area contributed by atoms with E-state index in [2.05, 4.69) is 0 Å². The van der Waals surface area contributed by atoms with Gasteiger partial charge >= 0.3 is 0 Å². The van der Waals surface area contributed by atoms with Crippen LogP contribution >= 0.6 is 0 Å². The van der Waals surface area contributed by atoms with Crippen molar-refractivity contribution >= 4 is 15.7 Å². The monoisotopic (exact) mass is 447 g/mol. The highest BCUT2D eigenvalue weighted by Crippen LogP contribution is 2.30. The minimum absolute atomic E-state index is 0.0272. The van der Waals surface area contributed by atoms with Crippen molar-refractivity contribution in [3.63, 3.8) is 0 Å². The summed E-state index contributed by atoms with van der Waals surface area (Å²) in [5.41, 5.74) is 1.32. The van der Waals surface area contributed by atoms with Crippen LogP contribution < -0.4 is 14.2 Å². The van der Waals surface area contributed by atoms with Gasteiger partial charge < -0.3 is 19.1 Å². The fourth-order valence-electron chi connectivity index (χ4n) is 3.68. The molecule has 0 aliphatic carbocycles. The Morgan fingerprint density at radius 2 is 1.74 bits per heavy atom. The molecule has 0 spiro atoms. The molecule has 2 aromatic rings. The number of nitrogens with zero attached hydrogens (tertiary/aromatic N) is 1. The first kappa shape index (κ1) is 22.9. The van der Waals surface area contributed by atoms with Gasteiger partial charge in [-0.15, -0.1) is 0 Å². The van der Waals surface area contributed by atoms with E-state index in [1.54, 1.807) is 49.5 Å². The number of sulfone groups is 1. The normalized spacial score (nSPS) is 17.4. The molecule has 1 unspecified atom stereocenters. The van der Waals surface area contributed by atoms with E-state index >= 15 is 0 Å². The number of rotatable bonds is 8. The molecule has 1 aliphatic rings. The number of ether oxygens (including phenoxy) is 3. The standard InChI is InChI=1S/C23H29NO6S/c1-16(2)30-20-8-6-18(7-9-20)23(25)24(19-11-12-31(26,27)15-19)14-17-5-10-21(28-3)22(13-17)29-4/h5-10,13,16,19H,11-12,14-15H2,1-4H3. The Bertz CT molecular complexity index is 1020. The summed E-state index contributed by atoms with van der Waals surface area (Å²) >= 11 is 0. The Kier molecular flexibility index (Phi) is 7.10. The molecule has 8 heteroatoms. The predicted molar refractivity (Wildman–Crippen MR) is 119 cm³/mol. The molecular weight excluding hydrogens is 418 g/mol. The maximum atomic E-state index is 13.4. The number of carbonyl (C=O) groups is 1. The smallest absolute Gasteiger partial charge is 0.254 e. The van der Waals surface area contributed by atoms with E-state index in [0.717, 1.165) is 5.56 Å². The highest BCUT2D eigenvalue weighted by Gasteiger charge is 2.35. The largest absolute Gasteiger partial charge is 0.493 e. The summed E-state index contributed by atoms with van der Waals surface area (Å²) in [6, 6.07) is 12.0. The summed E-state index contributed by atoms with van der Waals surface area (Å²) in [5, 5.41) is 0. The first-order valence-electron chi connectivity index (χ1n) is 10.2. The van der Waals surface area contributed by atoms with Crippen molar-refractivity contribution < 1.29 is 27.4 Å². The lowest BCUT2D eigenvalue weighted by atomic mass is 10.1. The van der Waals surface area contributed by atoms with Crippen LogP contribution in [-0.2, 0) is 16.4 Å². The molecule has 168 valence electrons. The lowest BCUT2D eigenvalue weighted by molar-refractivity contribution is 0.0680. The number of carbonyl (C=O) groups excluding carboxylic acids is 1. The fraction of sp³-hybridized carbons (Fsp3) is 0.435. The van der Waals surface area contributed by atoms with Crippen LogP contribution in [-0.4, -0.2) is 57.1 Å². The number of hydrogen-bond acceptors (Lipinski definition) is 6. The maximum absolute atomic E-state index is 13.4. The van der Waals surface area contributed by atoms with Crippen molar-refractivity contribution in [1.29, 1.82) is 0 Å². The Morgan fingerprint density at radius 3 is 2.29 bits per heavy atom. The molecule has 31 heavy (non-hydrogen) atoms. The van der Waals surface area contributed by atoms with Crippen LogP contribution in [0.5, 0.6) is 17.2 Å². The molecule has 0 N–H and O–H groups in total. The van der Waals surface area contributed by atoms with Crippen molar-refractivity contribution in [3.05, 3.63) is 53.6 Å².